The van der Waals surface area contributed by atoms with Gasteiger partial charge in [-0.1, -0.05) is 42.1 Å². The van der Waals surface area contributed by atoms with Crippen molar-refractivity contribution in [3.63, 3.8) is 0 Å². The molecule has 100 valence electrons. The van der Waals surface area contributed by atoms with E-state index in [1.165, 1.54) is 26.1 Å². The molecule has 5 rings (SSSR count). The molecule has 0 amide bonds. The molecule has 1 aromatic heterocycles. The van der Waals surface area contributed by atoms with Crippen molar-refractivity contribution in [2.24, 2.45) is 0 Å². The maximum Gasteiger partial charge on any atom is 0.142 e. The molecule has 21 heavy (non-hydrogen) atoms. The van der Waals surface area contributed by atoms with Crippen LogP contribution in [0.5, 0.6) is 11.5 Å². The van der Waals surface area contributed by atoms with Gasteiger partial charge in [0.25, 0.3) is 0 Å². The Kier molecular flexibility index (Phi) is 2.18. The van der Waals surface area contributed by atoms with Gasteiger partial charge in [0.15, 0.2) is 0 Å². The second-order valence-corrected chi connectivity index (χ2v) is 6.19. The van der Waals surface area contributed by atoms with Gasteiger partial charge in [0.05, 0.1) is 9.79 Å². The summed E-state index contributed by atoms with van der Waals surface area (Å²) in [5.41, 5.74) is 2.32. The largest absolute Gasteiger partial charge is 0.455 e. The van der Waals surface area contributed by atoms with Gasteiger partial charge in [-0.15, -0.1) is 0 Å². The summed E-state index contributed by atoms with van der Waals surface area (Å²) in [5, 5.41) is 2.50. The Morgan fingerprint density at radius 1 is 0.762 bits per heavy atom. The fourth-order valence-electron chi connectivity index (χ4n) is 2.92. The number of para-hydroxylation sites is 2. The molecule has 0 radical (unpaired) electrons. The number of rotatable bonds is 0. The molecule has 0 unspecified atom stereocenters. The molecule has 0 saturated heterocycles. The van der Waals surface area contributed by atoms with Crippen LogP contribution < -0.4 is 4.74 Å². The summed E-state index contributed by atoms with van der Waals surface area (Å²) in [4.78, 5) is 5.85. The Morgan fingerprint density at radius 2 is 1.62 bits per heavy atom. The number of hydrogen-bond acceptors (Lipinski definition) is 2. The second-order valence-electron chi connectivity index (χ2n) is 5.14. The molecule has 2 nitrogen and oxygen atoms in total. The summed E-state index contributed by atoms with van der Waals surface area (Å²) < 4.78 is 6.07. The van der Waals surface area contributed by atoms with Crippen molar-refractivity contribution in [3.05, 3.63) is 60.7 Å². The zero-order valence-corrected chi connectivity index (χ0v) is 11.9. The third-order valence-corrected chi connectivity index (χ3v) is 5.04. The quantitative estimate of drug-likeness (QED) is 0.402. The Labute approximate surface area is 125 Å². The van der Waals surface area contributed by atoms with Gasteiger partial charge < -0.3 is 9.72 Å². The van der Waals surface area contributed by atoms with E-state index in [1.807, 2.05) is 12.1 Å². The van der Waals surface area contributed by atoms with Gasteiger partial charge in [-0.3, -0.25) is 0 Å². The Bertz CT molecular complexity index is 1000. The zero-order valence-electron chi connectivity index (χ0n) is 11.1. The topological polar surface area (TPSA) is 25.0 Å². The first-order chi connectivity index (χ1) is 10.4. The average molecular weight is 289 g/mol. The zero-order chi connectivity index (χ0) is 13.8. The number of ether oxygens (including phenoxy) is 1. The number of H-pyrrole nitrogens is 1. The molecule has 1 aliphatic heterocycles. The van der Waals surface area contributed by atoms with Crippen molar-refractivity contribution in [1.29, 1.82) is 0 Å². The number of benzene rings is 3. The van der Waals surface area contributed by atoms with Crippen LogP contribution in [-0.2, 0) is 0 Å². The van der Waals surface area contributed by atoms with Crippen LogP contribution in [0.3, 0.4) is 0 Å². The van der Waals surface area contributed by atoms with Gasteiger partial charge in [-0.25, -0.2) is 0 Å². The predicted molar refractivity (Wildman–Crippen MR) is 86.4 cm³/mol. The fourth-order valence-corrected chi connectivity index (χ4v) is 4.03. The van der Waals surface area contributed by atoms with Crippen LogP contribution in [0.2, 0.25) is 0 Å². The highest BCUT2D eigenvalue weighted by atomic mass is 32.2. The highest BCUT2D eigenvalue weighted by Gasteiger charge is 2.21. The van der Waals surface area contributed by atoms with Crippen LogP contribution in [0.4, 0.5) is 0 Å². The molecule has 1 N–H and O–H groups in total. The highest BCUT2D eigenvalue weighted by Crippen LogP contribution is 2.50. The molecule has 0 fully saturated rings. The van der Waals surface area contributed by atoms with Gasteiger partial charge in [0.2, 0.25) is 0 Å². The van der Waals surface area contributed by atoms with E-state index < -0.39 is 0 Å². The van der Waals surface area contributed by atoms with E-state index >= 15 is 0 Å². The lowest BCUT2D eigenvalue weighted by Gasteiger charge is -2.20. The fraction of sp³-hybridized carbons (Fsp3) is 0. The normalized spacial score (nSPS) is 13.0. The SMILES string of the molecule is c1ccc2c(c1)Oc1ccc3[nH]c4ccccc4c3c1S2. The minimum absolute atomic E-state index is 0.939. The molecular formula is C18H11NOS. The predicted octanol–water partition coefficient (Wildman–Crippen LogP) is 5.58. The van der Waals surface area contributed by atoms with E-state index in [4.69, 9.17) is 4.74 Å². The van der Waals surface area contributed by atoms with Crippen molar-refractivity contribution < 1.29 is 4.74 Å². The molecular weight excluding hydrogens is 278 g/mol. The maximum atomic E-state index is 6.07. The van der Waals surface area contributed by atoms with Crippen molar-refractivity contribution in [2.45, 2.75) is 9.79 Å². The summed E-state index contributed by atoms with van der Waals surface area (Å²) in [6, 6.07) is 20.8. The van der Waals surface area contributed by atoms with Crippen LogP contribution in [0.25, 0.3) is 21.8 Å². The molecule has 0 aliphatic carbocycles. The number of aromatic nitrogens is 1. The number of fused-ring (bicyclic) bond motifs is 6. The summed E-state index contributed by atoms with van der Waals surface area (Å²) in [7, 11) is 0. The van der Waals surface area contributed by atoms with Gasteiger partial charge in [-0.2, -0.15) is 0 Å². The van der Waals surface area contributed by atoms with Crippen molar-refractivity contribution in [1.82, 2.24) is 4.98 Å². The van der Waals surface area contributed by atoms with Crippen molar-refractivity contribution >= 4 is 33.6 Å². The van der Waals surface area contributed by atoms with E-state index in [-0.39, 0.29) is 0 Å². The molecule has 0 bridgehead atoms. The molecule has 1 aliphatic rings. The number of nitrogens with one attached hydrogen (secondary N) is 1. The first-order valence-corrected chi connectivity index (χ1v) is 7.70. The third kappa shape index (κ3) is 1.55. The van der Waals surface area contributed by atoms with Gasteiger partial charge in [-0.05, 0) is 30.3 Å². The van der Waals surface area contributed by atoms with Crippen LogP contribution in [0.15, 0.2) is 70.5 Å². The van der Waals surface area contributed by atoms with Crippen molar-refractivity contribution in [3.8, 4) is 11.5 Å². The highest BCUT2D eigenvalue weighted by molar-refractivity contribution is 7.99. The van der Waals surface area contributed by atoms with E-state index in [9.17, 15) is 0 Å². The molecule has 3 aromatic carbocycles. The summed E-state index contributed by atoms with van der Waals surface area (Å²) in [6.45, 7) is 0. The van der Waals surface area contributed by atoms with Crippen LogP contribution in [-0.4, -0.2) is 4.98 Å². The Morgan fingerprint density at radius 3 is 2.62 bits per heavy atom. The lowest BCUT2D eigenvalue weighted by Crippen LogP contribution is -1.94. The van der Waals surface area contributed by atoms with Crippen molar-refractivity contribution in [2.75, 3.05) is 0 Å². The first kappa shape index (κ1) is 11.3. The molecule has 0 spiro atoms. The standard InChI is InChI=1S/C18H11NOS/c1-2-6-12-11(5-1)17-13(19-12)9-10-15-18(17)21-16-8-4-3-7-14(16)20-15/h1-10,19H. The Hall–Kier alpha value is -2.39. The van der Waals surface area contributed by atoms with Gasteiger partial charge in [0.1, 0.15) is 11.5 Å². The molecule has 3 heteroatoms. The molecule has 2 heterocycles. The van der Waals surface area contributed by atoms with Crippen LogP contribution in [0, 0.1) is 0 Å². The number of aromatic amines is 1. The maximum absolute atomic E-state index is 6.07. The Balaban J connectivity index is 1.86. The van der Waals surface area contributed by atoms with E-state index in [0.717, 1.165) is 17.0 Å². The number of hydrogen-bond donors (Lipinski definition) is 1. The smallest absolute Gasteiger partial charge is 0.142 e. The van der Waals surface area contributed by atoms with Crippen LogP contribution >= 0.6 is 11.8 Å². The minimum atomic E-state index is 0.939. The monoisotopic (exact) mass is 289 g/mol. The lowest BCUT2D eigenvalue weighted by atomic mass is 10.1. The lowest BCUT2D eigenvalue weighted by molar-refractivity contribution is 0.456. The molecule has 0 saturated carbocycles. The summed E-state index contributed by atoms with van der Waals surface area (Å²) >= 11 is 1.79. The minimum Gasteiger partial charge on any atom is -0.455 e. The first-order valence-electron chi connectivity index (χ1n) is 6.88. The average Bonchev–Trinajstić information content (AvgIpc) is 2.92. The molecule has 0 atom stereocenters. The van der Waals surface area contributed by atoms with Crippen LogP contribution in [0.1, 0.15) is 0 Å². The van der Waals surface area contributed by atoms with E-state index in [0.29, 0.717) is 0 Å². The second kappa shape index (κ2) is 4.06. The summed E-state index contributed by atoms with van der Waals surface area (Å²) in [6.07, 6.45) is 0. The van der Waals surface area contributed by atoms with Gasteiger partial charge >= 0.3 is 0 Å². The van der Waals surface area contributed by atoms with Gasteiger partial charge in [0, 0.05) is 21.8 Å². The summed E-state index contributed by atoms with van der Waals surface area (Å²) in [5.74, 6) is 1.88. The van der Waals surface area contributed by atoms with E-state index in [2.05, 4.69) is 53.5 Å². The van der Waals surface area contributed by atoms with E-state index in [1.54, 1.807) is 11.8 Å². The molecule has 4 aromatic rings. The third-order valence-electron chi connectivity index (χ3n) is 3.87.